The lowest BCUT2D eigenvalue weighted by Crippen LogP contribution is -2.19. The van der Waals surface area contributed by atoms with Crippen molar-refractivity contribution in [1.82, 2.24) is 5.32 Å². The van der Waals surface area contributed by atoms with E-state index in [0.717, 1.165) is 23.8 Å². The third-order valence-corrected chi connectivity index (χ3v) is 3.41. The van der Waals surface area contributed by atoms with Gasteiger partial charge in [0, 0.05) is 6.54 Å². The Morgan fingerprint density at radius 3 is 2.75 bits per heavy atom. The number of carboxylic acid groups (broad SMARTS) is 1. The first-order chi connectivity index (χ1) is 7.77. The van der Waals surface area contributed by atoms with Crippen molar-refractivity contribution in [3.8, 4) is 0 Å². The molecule has 1 aromatic rings. The summed E-state index contributed by atoms with van der Waals surface area (Å²) in [6.07, 6.45) is 0. The second-order valence-corrected chi connectivity index (χ2v) is 4.45. The van der Waals surface area contributed by atoms with Crippen molar-refractivity contribution in [3.05, 3.63) is 35.9 Å². The number of nitrogens with one attached hydrogen (secondary N) is 1. The Bertz CT molecular complexity index is 406. The molecule has 0 spiro atoms. The lowest BCUT2D eigenvalue weighted by atomic mass is 10.1. The maximum Gasteiger partial charge on any atom is 0.321 e. The highest BCUT2D eigenvalue weighted by atomic mass is 32.2. The summed E-state index contributed by atoms with van der Waals surface area (Å²) < 4.78 is 0. The van der Waals surface area contributed by atoms with Crippen LogP contribution >= 0.6 is 11.8 Å². The maximum absolute atomic E-state index is 11.2. The van der Waals surface area contributed by atoms with Crippen LogP contribution in [0.3, 0.4) is 0 Å². The molecule has 1 aliphatic heterocycles. The average Bonchev–Trinajstić information content (AvgIpc) is 2.79. The third-order valence-electron chi connectivity index (χ3n) is 2.20. The summed E-state index contributed by atoms with van der Waals surface area (Å²) >= 11 is 1.25. The van der Waals surface area contributed by atoms with Crippen molar-refractivity contribution in [2.75, 3.05) is 13.1 Å². The predicted molar refractivity (Wildman–Crippen MR) is 64.7 cm³/mol. The number of aliphatic carboxylic acids is 1. The van der Waals surface area contributed by atoms with Crippen molar-refractivity contribution in [3.63, 3.8) is 0 Å². The lowest BCUT2D eigenvalue weighted by Gasteiger charge is -2.12. The Balaban J connectivity index is 2.14. The van der Waals surface area contributed by atoms with Gasteiger partial charge >= 0.3 is 5.97 Å². The van der Waals surface area contributed by atoms with E-state index in [2.05, 4.69) is 10.3 Å². The van der Waals surface area contributed by atoms with Crippen LogP contribution in [-0.2, 0) is 4.79 Å². The summed E-state index contributed by atoms with van der Waals surface area (Å²) in [6, 6.07) is 9.20. The maximum atomic E-state index is 11.2. The fourth-order valence-corrected chi connectivity index (χ4v) is 2.42. The van der Waals surface area contributed by atoms with Gasteiger partial charge in [-0.25, -0.2) is 0 Å². The Morgan fingerprint density at radius 1 is 1.44 bits per heavy atom. The fraction of sp³-hybridized carbons (Fsp3) is 0.273. The average molecular weight is 236 g/mol. The largest absolute Gasteiger partial charge is 0.480 e. The molecule has 0 saturated heterocycles. The number of benzene rings is 1. The molecule has 2 N–H and O–H groups in total. The second-order valence-electron chi connectivity index (χ2n) is 3.36. The lowest BCUT2D eigenvalue weighted by molar-refractivity contribution is -0.136. The molecule has 5 heteroatoms. The van der Waals surface area contributed by atoms with E-state index < -0.39 is 11.2 Å². The van der Waals surface area contributed by atoms with Crippen molar-refractivity contribution >= 4 is 22.9 Å². The minimum absolute atomic E-state index is 0.592. The Kier molecular flexibility index (Phi) is 3.46. The first-order valence-electron chi connectivity index (χ1n) is 5.00. The molecule has 1 aromatic carbocycles. The summed E-state index contributed by atoms with van der Waals surface area (Å²) in [4.78, 5) is 15.4. The molecule has 4 nitrogen and oxygen atoms in total. The normalized spacial score (nSPS) is 16.4. The van der Waals surface area contributed by atoms with Crippen LogP contribution in [0.25, 0.3) is 0 Å². The van der Waals surface area contributed by atoms with Gasteiger partial charge in [-0.3, -0.25) is 9.79 Å². The Morgan fingerprint density at radius 2 is 2.19 bits per heavy atom. The number of nitrogens with zero attached hydrogens (tertiary/aromatic N) is 1. The van der Waals surface area contributed by atoms with Gasteiger partial charge in [-0.2, -0.15) is 0 Å². The molecule has 0 aromatic heterocycles. The molecule has 0 unspecified atom stereocenters. The highest BCUT2D eigenvalue weighted by molar-refractivity contribution is 8.14. The number of thioether (sulfide) groups is 1. The molecular formula is C11H12N2O2S. The van der Waals surface area contributed by atoms with Crippen molar-refractivity contribution in [2.45, 2.75) is 5.25 Å². The molecule has 0 amide bonds. The van der Waals surface area contributed by atoms with Gasteiger partial charge in [0.15, 0.2) is 5.17 Å². The van der Waals surface area contributed by atoms with Crippen LogP contribution in [-0.4, -0.2) is 29.3 Å². The van der Waals surface area contributed by atoms with E-state index in [4.69, 9.17) is 0 Å². The van der Waals surface area contributed by atoms with Gasteiger partial charge in [0.1, 0.15) is 5.25 Å². The Labute approximate surface area is 97.8 Å². The zero-order valence-corrected chi connectivity index (χ0v) is 9.41. The molecule has 84 valence electrons. The van der Waals surface area contributed by atoms with Crippen LogP contribution in [0.1, 0.15) is 10.8 Å². The van der Waals surface area contributed by atoms with Gasteiger partial charge in [0.05, 0.1) is 6.54 Å². The summed E-state index contributed by atoms with van der Waals surface area (Å²) in [5.74, 6) is -0.840. The SMILES string of the molecule is O=C(O)[C@H](SC1=NCCN1)c1ccccc1. The minimum atomic E-state index is -0.840. The van der Waals surface area contributed by atoms with Crippen LogP contribution < -0.4 is 5.32 Å². The fourth-order valence-electron chi connectivity index (χ4n) is 1.46. The number of carboxylic acids is 1. The molecule has 0 aliphatic carbocycles. The van der Waals surface area contributed by atoms with Gasteiger partial charge in [-0.1, -0.05) is 42.1 Å². The number of rotatable bonds is 3. The Hall–Kier alpha value is -1.49. The summed E-state index contributed by atoms with van der Waals surface area (Å²) in [5.41, 5.74) is 0.788. The number of hydrogen-bond donors (Lipinski definition) is 2. The molecule has 1 atom stereocenters. The molecule has 1 heterocycles. The molecule has 0 saturated carbocycles. The highest BCUT2D eigenvalue weighted by Gasteiger charge is 2.23. The number of carbonyl (C=O) groups is 1. The zero-order valence-electron chi connectivity index (χ0n) is 8.59. The molecule has 0 bridgehead atoms. The van der Waals surface area contributed by atoms with E-state index >= 15 is 0 Å². The smallest absolute Gasteiger partial charge is 0.321 e. The van der Waals surface area contributed by atoms with E-state index in [1.807, 2.05) is 30.3 Å². The predicted octanol–water partition coefficient (Wildman–Crippen LogP) is 1.50. The van der Waals surface area contributed by atoms with Gasteiger partial charge in [-0.05, 0) is 5.56 Å². The van der Waals surface area contributed by atoms with Gasteiger partial charge in [0.2, 0.25) is 0 Å². The van der Waals surface area contributed by atoms with Crippen LogP contribution in [0.5, 0.6) is 0 Å². The molecule has 0 fully saturated rings. The monoisotopic (exact) mass is 236 g/mol. The van der Waals surface area contributed by atoms with Crippen LogP contribution in [0, 0.1) is 0 Å². The molecular weight excluding hydrogens is 224 g/mol. The summed E-state index contributed by atoms with van der Waals surface area (Å²) in [6.45, 7) is 1.52. The first kappa shape index (κ1) is 11.0. The molecule has 1 aliphatic rings. The highest BCUT2D eigenvalue weighted by Crippen LogP contribution is 2.29. The van der Waals surface area contributed by atoms with E-state index in [9.17, 15) is 9.90 Å². The number of hydrogen-bond acceptors (Lipinski definition) is 4. The van der Waals surface area contributed by atoms with Crippen molar-refractivity contribution in [1.29, 1.82) is 0 Å². The summed E-state index contributed by atoms with van der Waals surface area (Å²) in [7, 11) is 0. The summed E-state index contributed by atoms with van der Waals surface area (Å²) in [5, 5.41) is 12.4. The molecule has 16 heavy (non-hydrogen) atoms. The number of amidine groups is 1. The topological polar surface area (TPSA) is 61.7 Å². The van der Waals surface area contributed by atoms with E-state index in [1.165, 1.54) is 11.8 Å². The second kappa shape index (κ2) is 5.03. The first-order valence-corrected chi connectivity index (χ1v) is 5.88. The van der Waals surface area contributed by atoms with Crippen LogP contribution in [0.4, 0.5) is 0 Å². The molecule has 2 rings (SSSR count). The van der Waals surface area contributed by atoms with Crippen LogP contribution in [0.2, 0.25) is 0 Å². The minimum Gasteiger partial charge on any atom is -0.480 e. The standard InChI is InChI=1S/C11H12N2O2S/c14-10(15)9(8-4-2-1-3-5-8)16-11-12-6-7-13-11/h1-5,9H,6-7H2,(H,12,13)(H,14,15)/t9-/m1/s1. The number of aliphatic imine (C=N–C) groups is 1. The van der Waals surface area contributed by atoms with E-state index in [0.29, 0.717) is 0 Å². The van der Waals surface area contributed by atoms with E-state index in [-0.39, 0.29) is 0 Å². The van der Waals surface area contributed by atoms with Gasteiger partial charge in [0.25, 0.3) is 0 Å². The van der Waals surface area contributed by atoms with Crippen molar-refractivity contribution < 1.29 is 9.90 Å². The van der Waals surface area contributed by atoms with Gasteiger partial charge in [-0.15, -0.1) is 0 Å². The van der Waals surface area contributed by atoms with Crippen molar-refractivity contribution in [2.24, 2.45) is 4.99 Å². The van der Waals surface area contributed by atoms with Gasteiger partial charge < -0.3 is 10.4 Å². The van der Waals surface area contributed by atoms with Crippen LogP contribution in [0.15, 0.2) is 35.3 Å². The molecule has 0 radical (unpaired) electrons. The quantitative estimate of drug-likeness (QED) is 0.835. The van der Waals surface area contributed by atoms with E-state index in [1.54, 1.807) is 0 Å². The zero-order chi connectivity index (χ0) is 11.4. The third kappa shape index (κ3) is 2.55.